The fourth-order valence-electron chi connectivity index (χ4n) is 2.58. The molecule has 11 heteroatoms. The maximum atomic E-state index is 13.0. The number of benzene rings is 1. The second-order valence-electron chi connectivity index (χ2n) is 7.22. The molecule has 0 aliphatic rings. The third-order valence-corrected chi connectivity index (χ3v) is 5.48. The number of hydrogen-bond acceptors (Lipinski definition) is 7. The van der Waals surface area contributed by atoms with Gasteiger partial charge in [-0.1, -0.05) is 12.1 Å². The fourth-order valence-corrected chi connectivity index (χ4v) is 3.81. The molecule has 1 heterocycles. The van der Waals surface area contributed by atoms with E-state index >= 15 is 0 Å². The van der Waals surface area contributed by atoms with Crippen LogP contribution in [-0.4, -0.2) is 63.6 Å². The molecule has 0 aliphatic heterocycles. The van der Waals surface area contributed by atoms with Crippen molar-refractivity contribution in [2.75, 3.05) is 39.2 Å². The summed E-state index contributed by atoms with van der Waals surface area (Å²) >= 11 is 1.63. The Balaban J connectivity index is 1.82. The van der Waals surface area contributed by atoms with Gasteiger partial charge in [-0.25, -0.2) is 17.8 Å². The summed E-state index contributed by atoms with van der Waals surface area (Å²) in [6.45, 7) is 1.13. The van der Waals surface area contributed by atoms with E-state index in [1.54, 1.807) is 11.8 Å². The lowest BCUT2D eigenvalue weighted by atomic mass is 10.1. The van der Waals surface area contributed by atoms with E-state index in [1.807, 2.05) is 31.1 Å². The summed E-state index contributed by atoms with van der Waals surface area (Å²) in [5, 5.41) is 13.1. The number of guanidine groups is 1. The number of nitrogens with one attached hydrogen (secondary N) is 2. The second-order valence-corrected chi connectivity index (χ2v) is 10.1. The summed E-state index contributed by atoms with van der Waals surface area (Å²) in [5.41, 5.74) is 0.492. The average molecular weight is 473 g/mol. The maximum absolute atomic E-state index is 13.0. The lowest BCUT2D eigenvalue weighted by Gasteiger charge is -2.13. The van der Waals surface area contributed by atoms with E-state index in [-0.39, 0.29) is 12.5 Å². The minimum Gasteiger partial charge on any atom is -0.464 e. The second kappa shape index (κ2) is 12.1. The van der Waals surface area contributed by atoms with Crippen molar-refractivity contribution in [2.24, 2.45) is 4.99 Å². The van der Waals surface area contributed by atoms with Gasteiger partial charge in [-0.3, -0.25) is 4.72 Å². The molecule has 2 rings (SSSR count). The number of rotatable bonds is 11. The molecule has 1 aromatic heterocycles. The first-order chi connectivity index (χ1) is 14.6. The SMILES string of the molecule is CN(C)Cc1ccc(CSCCNC(=NCC(O)c2ccc(F)cc2)NS(C)(=O)=O)o1. The van der Waals surface area contributed by atoms with E-state index in [1.165, 1.54) is 24.3 Å². The lowest BCUT2D eigenvalue weighted by molar-refractivity contribution is 0.187. The van der Waals surface area contributed by atoms with Crippen molar-refractivity contribution >= 4 is 27.7 Å². The van der Waals surface area contributed by atoms with Crippen molar-refractivity contribution in [3.05, 3.63) is 59.3 Å². The monoisotopic (exact) mass is 472 g/mol. The van der Waals surface area contributed by atoms with Crippen LogP contribution in [0.2, 0.25) is 0 Å². The van der Waals surface area contributed by atoms with Gasteiger partial charge in [0.15, 0.2) is 0 Å². The quantitative estimate of drug-likeness (QED) is 0.261. The average Bonchev–Trinajstić information content (AvgIpc) is 3.11. The smallest absolute Gasteiger partial charge is 0.232 e. The molecular formula is C20H29FN4O4S2. The highest BCUT2D eigenvalue weighted by Crippen LogP contribution is 2.16. The Labute approximate surface area is 187 Å². The van der Waals surface area contributed by atoms with Gasteiger partial charge in [0.05, 0.1) is 31.2 Å². The van der Waals surface area contributed by atoms with Crippen LogP contribution in [0.3, 0.4) is 0 Å². The third kappa shape index (κ3) is 10.2. The molecule has 8 nitrogen and oxygen atoms in total. The Morgan fingerprint density at radius 3 is 2.55 bits per heavy atom. The molecule has 3 N–H and O–H groups in total. The Kier molecular flexibility index (Phi) is 9.82. The highest BCUT2D eigenvalue weighted by molar-refractivity contribution is 7.98. The van der Waals surface area contributed by atoms with Crippen LogP contribution in [0.1, 0.15) is 23.2 Å². The van der Waals surface area contributed by atoms with E-state index in [2.05, 4.69) is 15.0 Å². The zero-order valence-electron chi connectivity index (χ0n) is 17.8. The number of nitrogens with zero attached hydrogens (tertiary/aromatic N) is 2. The van der Waals surface area contributed by atoms with Gasteiger partial charge in [0.25, 0.3) is 0 Å². The number of hydrogen-bond donors (Lipinski definition) is 3. The summed E-state index contributed by atoms with van der Waals surface area (Å²) in [4.78, 5) is 6.16. The summed E-state index contributed by atoms with van der Waals surface area (Å²) in [6.07, 6.45) is 0.0425. The van der Waals surface area contributed by atoms with Crippen LogP contribution in [0.4, 0.5) is 4.39 Å². The van der Waals surface area contributed by atoms with Crippen molar-refractivity contribution in [1.29, 1.82) is 0 Å². The molecule has 1 aromatic carbocycles. The van der Waals surface area contributed by atoms with Gasteiger partial charge in [-0.05, 0) is 43.9 Å². The highest BCUT2D eigenvalue weighted by Gasteiger charge is 2.10. The third-order valence-electron chi connectivity index (χ3n) is 3.93. The predicted molar refractivity (Wildman–Crippen MR) is 122 cm³/mol. The minimum atomic E-state index is -3.53. The van der Waals surface area contributed by atoms with Crippen molar-refractivity contribution < 1.29 is 22.3 Å². The van der Waals surface area contributed by atoms with Crippen LogP contribution < -0.4 is 10.0 Å². The van der Waals surface area contributed by atoms with Crippen LogP contribution in [0.25, 0.3) is 0 Å². The lowest BCUT2D eigenvalue weighted by Crippen LogP contribution is -2.41. The zero-order valence-corrected chi connectivity index (χ0v) is 19.5. The van der Waals surface area contributed by atoms with E-state index in [9.17, 15) is 17.9 Å². The molecule has 0 amide bonds. The van der Waals surface area contributed by atoms with Gasteiger partial charge in [0.1, 0.15) is 17.3 Å². The number of aliphatic hydroxyl groups excluding tert-OH is 1. The van der Waals surface area contributed by atoms with Crippen molar-refractivity contribution in [3.8, 4) is 0 Å². The Morgan fingerprint density at radius 1 is 1.23 bits per heavy atom. The molecule has 0 spiro atoms. The molecule has 0 aliphatic carbocycles. The molecule has 31 heavy (non-hydrogen) atoms. The molecule has 0 saturated heterocycles. The summed E-state index contributed by atoms with van der Waals surface area (Å²) in [7, 11) is 0.420. The largest absolute Gasteiger partial charge is 0.464 e. The normalized spacial score (nSPS) is 13.4. The molecule has 1 unspecified atom stereocenters. The van der Waals surface area contributed by atoms with Gasteiger partial charge >= 0.3 is 0 Å². The van der Waals surface area contributed by atoms with E-state index in [4.69, 9.17) is 4.42 Å². The molecule has 2 aromatic rings. The Hall–Kier alpha value is -2.08. The molecule has 0 fully saturated rings. The van der Waals surface area contributed by atoms with Gasteiger partial charge in [0.2, 0.25) is 16.0 Å². The van der Waals surface area contributed by atoms with Gasteiger partial charge in [-0.15, -0.1) is 0 Å². The Morgan fingerprint density at radius 2 is 1.90 bits per heavy atom. The summed E-state index contributed by atoms with van der Waals surface area (Å²) in [5.74, 6) is 2.83. The van der Waals surface area contributed by atoms with Crippen LogP contribution in [0.15, 0.2) is 45.8 Å². The first-order valence-electron chi connectivity index (χ1n) is 9.62. The van der Waals surface area contributed by atoms with Crippen LogP contribution in [0.5, 0.6) is 0 Å². The molecule has 0 radical (unpaired) electrons. The van der Waals surface area contributed by atoms with E-state index in [0.717, 1.165) is 24.3 Å². The number of halogens is 1. The molecule has 1 atom stereocenters. The zero-order chi connectivity index (χ0) is 22.9. The van der Waals surface area contributed by atoms with Crippen molar-refractivity contribution in [2.45, 2.75) is 18.4 Å². The number of aliphatic imine (C=N–C) groups is 1. The number of thioether (sulfide) groups is 1. The molecule has 0 saturated carbocycles. The van der Waals surface area contributed by atoms with Gasteiger partial charge in [-0.2, -0.15) is 11.8 Å². The van der Waals surface area contributed by atoms with Gasteiger partial charge < -0.3 is 19.7 Å². The van der Waals surface area contributed by atoms with E-state index < -0.39 is 21.9 Å². The fraction of sp³-hybridized carbons (Fsp3) is 0.450. The minimum absolute atomic E-state index is 0.0514. The highest BCUT2D eigenvalue weighted by atomic mass is 32.2. The standard InChI is InChI=1S/C20H29FN4O4S2/c1-25(2)13-17-8-9-18(29-17)14-30-11-10-22-20(24-31(3,27)28)23-12-19(26)15-4-6-16(21)7-5-15/h4-9,19,26H,10-14H2,1-3H3,(H2,22,23,24). The van der Waals surface area contributed by atoms with Crippen molar-refractivity contribution in [3.63, 3.8) is 0 Å². The number of sulfonamides is 1. The molecular weight excluding hydrogens is 443 g/mol. The summed E-state index contributed by atoms with van der Waals surface area (Å²) < 4.78 is 44.2. The summed E-state index contributed by atoms with van der Waals surface area (Å²) in [6, 6.07) is 9.32. The van der Waals surface area contributed by atoms with Crippen LogP contribution >= 0.6 is 11.8 Å². The van der Waals surface area contributed by atoms with Gasteiger partial charge in [0, 0.05) is 12.3 Å². The maximum Gasteiger partial charge on any atom is 0.232 e. The first-order valence-corrected chi connectivity index (χ1v) is 12.7. The predicted octanol–water partition coefficient (Wildman–Crippen LogP) is 1.94. The first kappa shape index (κ1) is 25.2. The number of furan rings is 1. The Bertz CT molecular complexity index is 946. The molecule has 172 valence electrons. The van der Waals surface area contributed by atoms with Crippen molar-refractivity contribution in [1.82, 2.24) is 14.9 Å². The van der Waals surface area contributed by atoms with E-state index in [0.29, 0.717) is 23.6 Å². The van der Waals surface area contributed by atoms with Crippen LogP contribution in [0, 0.1) is 5.82 Å². The number of aliphatic hydroxyl groups is 1. The van der Waals surface area contributed by atoms with Crippen LogP contribution in [-0.2, 0) is 22.3 Å². The topological polar surface area (TPSA) is 107 Å². The molecule has 0 bridgehead atoms.